The zero-order chi connectivity index (χ0) is 13.4. The molecule has 19 heavy (non-hydrogen) atoms. The van der Waals surface area contributed by atoms with E-state index >= 15 is 0 Å². The van der Waals surface area contributed by atoms with Crippen molar-refractivity contribution in [2.75, 3.05) is 0 Å². The average molecular weight is 366 g/mol. The van der Waals surface area contributed by atoms with E-state index in [0.29, 0.717) is 10.1 Å². The molecule has 0 fully saturated rings. The third kappa shape index (κ3) is 2.30. The van der Waals surface area contributed by atoms with Crippen LogP contribution in [0.2, 0.25) is 0 Å². The monoisotopic (exact) mass is 366 g/mol. The van der Waals surface area contributed by atoms with Crippen molar-refractivity contribution in [1.29, 1.82) is 0 Å². The van der Waals surface area contributed by atoms with Crippen LogP contribution in [0.25, 0.3) is 6.08 Å². The molecular weight excluding hydrogens is 355 g/mol. The number of halogens is 1. The molecule has 96 valence electrons. The van der Waals surface area contributed by atoms with E-state index in [-0.39, 0.29) is 17.2 Å². The molecule has 2 aromatic rings. The number of fused-ring (bicyclic) bond motifs is 1. The molecule has 1 N–H and O–H groups in total. The Hall–Kier alpha value is -1.63. The third-order valence-corrected chi connectivity index (χ3v) is 4.03. The zero-order valence-electron chi connectivity index (χ0n) is 9.97. The van der Waals surface area contributed by atoms with E-state index in [1.54, 1.807) is 10.8 Å². The third-order valence-electron chi connectivity index (χ3n) is 3.26. The number of hydrogen-bond donors (Lipinski definition) is 1. The molecule has 4 nitrogen and oxygen atoms in total. The van der Waals surface area contributed by atoms with Gasteiger partial charge in [0.1, 0.15) is 0 Å². The van der Waals surface area contributed by atoms with Crippen molar-refractivity contribution < 1.29 is 0 Å². The Balaban J connectivity index is 1.96. The van der Waals surface area contributed by atoms with Crippen LogP contribution in [0.15, 0.2) is 46.1 Å². The van der Waals surface area contributed by atoms with Gasteiger partial charge in [-0.2, -0.15) is 0 Å². The van der Waals surface area contributed by atoms with Crippen molar-refractivity contribution in [1.82, 2.24) is 9.55 Å². The number of nitrogens with zero attached hydrogens (tertiary/aromatic N) is 1. The number of H-pyrrole nitrogens is 1. The van der Waals surface area contributed by atoms with Crippen LogP contribution >= 0.6 is 22.6 Å². The number of allylic oxidation sites excluding steroid dienone is 1. The maximum atomic E-state index is 11.8. The van der Waals surface area contributed by atoms with Crippen LogP contribution in [0, 0.1) is 3.57 Å². The average Bonchev–Trinajstić information content (AvgIpc) is 2.80. The Morgan fingerprint density at radius 3 is 2.89 bits per heavy atom. The summed E-state index contributed by atoms with van der Waals surface area (Å²) in [6, 6.07) is 8.13. The van der Waals surface area contributed by atoms with Crippen molar-refractivity contribution in [2.45, 2.75) is 12.5 Å². The molecule has 0 saturated carbocycles. The van der Waals surface area contributed by atoms with Gasteiger partial charge in [0.25, 0.3) is 5.56 Å². The summed E-state index contributed by atoms with van der Waals surface area (Å²) in [5.41, 5.74) is 1.72. The summed E-state index contributed by atoms with van der Waals surface area (Å²) < 4.78 is 2.08. The van der Waals surface area contributed by atoms with E-state index in [4.69, 9.17) is 0 Å². The van der Waals surface area contributed by atoms with Crippen molar-refractivity contribution in [3.05, 3.63) is 72.1 Å². The van der Waals surface area contributed by atoms with Gasteiger partial charge in [-0.05, 0) is 33.7 Å². The van der Waals surface area contributed by atoms with Gasteiger partial charge >= 0.3 is 5.69 Å². The first kappa shape index (κ1) is 12.4. The number of hydrogen-bond acceptors (Lipinski definition) is 2. The highest BCUT2D eigenvalue weighted by Gasteiger charge is 2.17. The fourth-order valence-corrected chi connectivity index (χ4v) is 2.78. The molecule has 1 aliphatic rings. The first-order valence-corrected chi connectivity index (χ1v) is 6.99. The van der Waals surface area contributed by atoms with E-state index < -0.39 is 0 Å². The fourth-order valence-electron chi connectivity index (χ4n) is 2.31. The Morgan fingerprint density at radius 2 is 2.05 bits per heavy atom. The zero-order valence-corrected chi connectivity index (χ0v) is 12.1. The summed E-state index contributed by atoms with van der Waals surface area (Å²) in [6.45, 7) is 0.541. The minimum Gasteiger partial charge on any atom is -0.299 e. The Labute approximate surface area is 122 Å². The number of aromatic nitrogens is 2. The predicted molar refractivity (Wildman–Crippen MR) is 82.3 cm³/mol. The molecule has 0 amide bonds. The van der Waals surface area contributed by atoms with Crippen LogP contribution in [0.3, 0.4) is 0 Å². The van der Waals surface area contributed by atoms with Gasteiger partial charge in [0.2, 0.25) is 0 Å². The number of nitrogens with one attached hydrogen (secondary N) is 1. The first-order valence-electron chi connectivity index (χ1n) is 5.91. The van der Waals surface area contributed by atoms with Crippen molar-refractivity contribution in [2.24, 2.45) is 0 Å². The highest BCUT2D eigenvalue weighted by atomic mass is 127. The van der Waals surface area contributed by atoms with Gasteiger partial charge in [0.15, 0.2) is 0 Å². The van der Waals surface area contributed by atoms with Gasteiger partial charge in [0.05, 0.1) is 3.57 Å². The number of benzene rings is 1. The quantitative estimate of drug-likeness (QED) is 0.827. The minimum atomic E-state index is -0.358. The predicted octanol–water partition coefficient (Wildman–Crippen LogP) is 1.95. The summed E-state index contributed by atoms with van der Waals surface area (Å²) in [6.07, 6.45) is 5.77. The van der Waals surface area contributed by atoms with Crippen LogP contribution in [0.5, 0.6) is 0 Å². The van der Waals surface area contributed by atoms with Gasteiger partial charge < -0.3 is 0 Å². The summed E-state index contributed by atoms with van der Waals surface area (Å²) in [5, 5.41) is 0. The molecule has 1 heterocycles. The summed E-state index contributed by atoms with van der Waals surface area (Å²) in [4.78, 5) is 25.4. The molecule has 1 atom stereocenters. The molecule has 0 saturated heterocycles. The topological polar surface area (TPSA) is 54.9 Å². The van der Waals surface area contributed by atoms with Crippen molar-refractivity contribution in [3.8, 4) is 0 Å². The second-order valence-electron chi connectivity index (χ2n) is 4.48. The minimum absolute atomic E-state index is 0.176. The fraction of sp³-hybridized carbons (Fsp3) is 0.143. The molecule has 1 aromatic heterocycles. The van der Waals surface area contributed by atoms with Gasteiger partial charge in [0, 0.05) is 18.7 Å². The number of rotatable bonds is 2. The molecular formula is C14H11IN2O2. The van der Waals surface area contributed by atoms with Gasteiger partial charge in [-0.1, -0.05) is 36.4 Å². The van der Waals surface area contributed by atoms with Crippen molar-refractivity contribution >= 4 is 28.7 Å². The molecule has 0 bridgehead atoms. The van der Waals surface area contributed by atoms with Crippen LogP contribution in [-0.4, -0.2) is 9.55 Å². The lowest BCUT2D eigenvalue weighted by atomic mass is 10.0. The molecule has 5 heteroatoms. The maximum absolute atomic E-state index is 11.8. The Morgan fingerprint density at radius 1 is 1.26 bits per heavy atom. The molecule has 3 rings (SSSR count). The van der Waals surface area contributed by atoms with E-state index in [1.165, 1.54) is 11.1 Å². The lowest BCUT2D eigenvalue weighted by Gasteiger charge is -2.12. The Kier molecular flexibility index (Phi) is 3.14. The second-order valence-corrected chi connectivity index (χ2v) is 5.65. The van der Waals surface area contributed by atoms with E-state index in [2.05, 4.69) is 29.3 Å². The van der Waals surface area contributed by atoms with E-state index in [0.717, 1.165) is 0 Å². The van der Waals surface area contributed by atoms with Crippen LogP contribution in [0.4, 0.5) is 0 Å². The standard InChI is InChI=1S/C14H11IN2O2/c15-12-8-17(14(19)16-13(12)18)7-10-6-5-9-3-1-2-4-11(9)10/h1-6,8,10H,7H2,(H,16,18,19)/t10-/m0/s1. The van der Waals surface area contributed by atoms with E-state index in [1.807, 2.05) is 34.7 Å². The summed E-state index contributed by atoms with van der Waals surface area (Å²) in [7, 11) is 0. The Bertz CT molecular complexity index is 774. The highest BCUT2D eigenvalue weighted by molar-refractivity contribution is 14.1. The van der Waals surface area contributed by atoms with Crippen LogP contribution in [-0.2, 0) is 6.54 Å². The van der Waals surface area contributed by atoms with Gasteiger partial charge in [-0.3, -0.25) is 14.3 Å². The molecule has 1 aliphatic carbocycles. The highest BCUT2D eigenvalue weighted by Crippen LogP contribution is 2.30. The molecule has 0 aliphatic heterocycles. The molecule has 0 unspecified atom stereocenters. The molecule has 1 aromatic carbocycles. The second kappa shape index (κ2) is 4.80. The van der Waals surface area contributed by atoms with Gasteiger partial charge in [-0.25, -0.2) is 4.79 Å². The van der Waals surface area contributed by atoms with Crippen LogP contribution in [0.1, 0.15) is 17.0 Å². The SMILES string of the molecule is O=c1[nH]c(=O)n(C[C@@H]2C=Cc3ccccc32)cc1I. The lowest BCUT2D eigenvalue weighted by molar-refractivity contribution is 0.601. The normalized spacial score (nSPS) is 16.6. The van der Waals surface area contributed by atoms with Crippen molar-refractivity contribution in [3.63, 3.8) is 0 Å². The van der Waals surface area contributed by atoms with Crippen LogP contribution < -0.4 is 11.2 Å². The maximum Gasteiger partial charge on any atom is 0.328 e. The lowest BCUT2D eigenvalue weighted by Crippen LogP contribution is -2.32. The van der Waals surface area contributed by atoms with E-state index in [9.17, 15) is 9.59 Å². The summed E-state index contributed by atoms with van der Waals surface area (Å²) >= 11 is 1.93. The van der Waals surface area contributed by atoms with Gasteiger partial charge in [-0.15, -0.1) is 0 Å². The molecule has 0 spiro atoms. The smallest absolute Gasteiger partial charge is 0.299 e. The number of aromatic amines is 1. The molecule has 0 radical (unpaired) electrons. The largest absolute Gasteiger partial charge is 0.328 e. The summed E-state index contributed by atoms with van der Waals surface area (Å²) in [5.74, 6) is 0.176. The first-order chi connectivity index (χ1) is 9.15.